The van der Waals surface area contributed by atoms with Crippen LogP contribution in [0.3, 0.4) is 0 Å². The molecule has 11 heteroatoms. The number of halogens is 1. The number of nitrogens with zero attached hydrogens (tertiary/aromatic N) is 5. The number of benzene rings is 1. The lowest BCUT2D eigenvalue weighted by Gasteiger charge is -2.32. The number of aliphatic imine (C=N–C) groups is 1. The number of imidazole rings is 1. The number of aromatic nitrogens is 3. The molecule has 5 rings (SSSR count). The molecule has 2 aliphatic rings. The molecule has 43 heavy (non-hydrogen) atoms. The number of fused-ring (bicyclic) bond motifs is 1. The summed E-state index contributed by atoms with van der Waals surface area (Å²) in [6.07, 6.45) is 10.3. The summed E-state index contributed by atoms with van der Waals surface area (Å²) in [4.78, 5) is 38.2. The van der Waals surface area contributed by atoms with Crippen molar-refractivity contribution in [3.8, 4) is 0 Å². The zero-order valence-corrected chi connectivity index (χ0v) is 24.6. The standard InChI is InChI=1S/C26H32N6O.C6H5FN2O/c1-5-6-12-22-19(3)23(20-10-8-7-9-11-20)29-24(25-28-17-18(2)32(22)25)30-26(33)31-15-13-21(27-4)14-16-31;7-5-1-2-6(8-3-5)9-4-10/h5-12,17,21,24,27H,1,13-16H2,2-4H3,(H,30,33);1-4H,(H,8,9,10)/b12-6-;. The van der Waals surface area contributed by atoms with E-state index in [1.807, 2.05) is 67.6 Å². The molecule has 1 saturated heterocycles. The summed E-state index contributed by atoms with van der Waals surface area (Å²) in [5.74, 6) is 0.618. The second-order valence-corrected chi connectivity index (χ2v) is 10.1. The molecular formula is C32H37FN8O2. The van der Waals surface area contributed by atoms with Crippen molar-refractivity contribution in [1.29, 1.82) is 0 Å². The minimum Gasteiger partial charge on any atom is -0.325 e. The van der Waals surface area contributed by atoms with Crippen molar-refractivity contribution in [3.05, 3.63) is 108 Å². The van der Waals surface area contributed by atoms with Gasteiger partial charge < -0.3 is 20.9 Å². The molecule has 0 saturated carbocycles. The fourth-order valence-electron chi connectivity index (χ4n) is 4.98. The van der Waals surface area contributed by atoms with E-state index in [-0.39, 0.29) is 6.03 Å². The van der Waals surface area contributed by atoms with Crippen LogP contribution in [0.5, 0.6) is 0 Å². The summed E-state index contributed by atoms with van der Waals surface area (Å²) < 4.78 is 14.2. The summed E-state index contributed by atoms with van der Waals surface area (Å²) >= 11 is 0. The highest BCUT2D eigenvalue weighted by Gasteiger charge is 2.30. The third-order valence-corrected chi connectivity index (χ3v) is 7.27. The number of hydrogen-bond acceptors (Lipinski definition) is 6. The number of hydrogen-bond donors (Lipinski definition) is 3. The lowest BCUT2D eigenvalue weighted by atomic mass is 10.0. The Bertz CT molecular complexity index is 1500. The zero-order chi connectivity index (χ0) is 30.8. The van der Waals surface area contributed by atoms with Crippen LogP contribution in [0, 0.1) is 12.7 Å². The predicted octanol–water partition coefficient (Wildman–Crippen LogP) is 4.85. The molecule has 0 aliphatic carbocycles. The van der Waals surface area contributed by atoms with Crippen molar-refractivity contribution in [2.75, 3.05) is 25.5 Å². The molecule has 3 aromatic rings. The number of aryl methyl sites for hydroxylation is 1. The molecule has 0 bridgehead atoms. The summed E-state index contributed by atoms with van der Waals surface area (Å²) in [5, 5.41) is 8.74. The van der Waals surface area contributed by atoms with Gasteiger partial charge in [0.15, 0.2) is 12.0 Å². The minimum atomic E-state index is -0.604. The van der Waals surface area contributed by atoms with Gasteiger partial charge in [0.25, 0.3) is 0 Å². The SMILES string of the molecule is C=C/C=C\C1=C(C)C(c2ccccc2)=NC(NC(=O)N2CCC(NC)CC2)c2ncc(C)n21.O=CNc1ccc(F)cn1. The van der Waals surface area contributed by atoms with Crippen LogP contribution >= 0.6 is 0 Å². The quantitative estimate of drug-likeness (QED) is 0.271. The van der Waals surface area contributed by atoms with Gasteiger partial charge in [-0.15, -0.1) is 0 Å². The monoisotopic (exact) mass is 584 g/mol. The number of rotatable bonds is 7. The Hall–Kier alpha value is -4.90. The van der Waals surface area contributed by atoms with Crippen LogP contribution in [0.15, 0.2) is 90.2 Å². The molecule has 0 spiro atoms. The number of nitrogens with one attached hydrogen (secondary N) is 3. The molecule has 0 radical (unpaired) electrons. The van der Waals surface area contributed by atoms with E-state index in [1.165, 1.54) is 12.1 Å². The molecule has 224 valence electrons. The van der Waals surface area contributed by atoms with Gasteiger partial charge in [-0.05, 0) is 57.5 Å². The van der Waals surface area contributed by atoms with Gasteiger partial charge >= 0.3 is 6.03 Å². The van der Waals surface area contributed by atoms with Gasteiger partial charge in [-0.2, -0.15) is 0 Å². The van der Waals surface area contributed by atoms with Gasteiger partial charge in [0.2, 0.25) is 6.41 Å². The number of allylic oxidation sites excluding steroid dienone is 5. The smallest absolute Gasteiger partial charge is 0.319 e. The second kappa shape index (κ2) is 14.8. The first-order valence-corrected chi connectivity index (χ1v) is 14.1. The number of carbonyl (C=O) groups is 2. The molecule has 2 aliphatic heterocycles. The zero-order valence-electron chi connectivity index (χ0n) is 24.6. The summed E-state index contributed by atoms with van der Waals surface area (Å²) in [7, 11) is 1.97. The van der Waals surface area contributed by atoms with Crippen LogP contribution in [-0.2, 0) is 4.79 Å². The third kappa shape index (κ3) is 7.69. The lowest BCUT2D eigenvalue weighted by Crippen LogP contribution is -2.48. The van der Waals surface area contributed by atoms with E-state index in [9.17, 15) is 14.0 Å². The number of piperidine rings is 1. The third-order valence-electron chi connectivity index (χ3n) is 7.27. The van der Waals surface area contributed by atoms with Gasteiger partial charge in [0, 0.05) is 36.6 Å². The Morgan fingerprint density at radius 3 is 2.44 bits per heavy atom. The van der Waals surface area contributed by atoms with Gasteiger partial charge in [0.1, 0.15) is 11.6 Å². The summed E-state index contributed by atoms with van der Waals surface area (Å²) in [6.45, 7) is 9.34. The van der Waals surface area contributed by atoms with E-state index in [0.717, 1.165) is 60.4 Å². The highest BCUT2D eigenvalue weighted by Crippen LogP contribution is 2.30. The maximum Gasteiger partial charge on any atom is 0.319 e. The molecule has 3 N–H and O–H groups in total. The molecule has 3 amide bonds. The van der Waals surface area contributed by atoms with E-state index in [0.29, 0.717) is 24.1 Å². The molecule has 4 heterocycles. The first kappa shape index (κ1) is 31.0. The summed E-state index contributed by atoms with van der Waals surface area (Å²) in [5.41, 5.74) is 4.79. The molecule has 1 aromatic carbocycles. The number of urea groups is 1. The normalized spacial score (nSPS) is 16.9. The van der Waals surface area contributed by atoms with E-state index in [4.69, 9.17) is 4.99 Å². The van der Waals surface area contributed by atoms with Gasteiger partial charge in [-0.3, -0.25) is 14.4 Å². The van der Waals surface area contributed by atoms with Crippen molar-refractivity contribution in [3.63, 3.8) is 0 Å². The Labute approximate surface area is 251 Å². The number of anilines is 1. The van der Waals surface area contributed by atoms with Crippen LogP contribution in [0.1, 0.15) is 43.0 Å². The van der Waals surface area contributed by atoms with Gasteiger partial charge in [0.05, 0.1) is 17.6 Å². The maximum absolute atomic E-state index is 13.2. The molecular weight excluding hydrogens is 547 g/mol. The van der Waals surface area contributed by atoms with Crippen LogP contribution in [0.25, 0.3) is 5.70 Å². The Balaban J connectivity index is 0.000000359. The molecule has 1 atom stereocenters. The summed E-state index contributed by atoms with van der Waals surface area (Å²) in [6, 6.07) is 13.0. The first-order chi connectivity index (χ1) is 20.9. The van der Waals surface area contributed by atoms with Crippen molar-refractivity contribution >= 4 is 29.7 Å². The van der Waals surface area contributed by atoms with Crippen LogP contribution in [-0.4, -0.2) is 63.8 Å². The van der Waals surface area contributed by atoms with Crippen LogP contribution in [0.4, 0.5) is 15.0 Å². The number of amides is 3. The van der Waals surface area contributed by atoms with Crippen molar-refractivity contribution in [2.24, 2.45) is 4.99 Å². The van der Waals surface area contributed by atoms with Gasteiger partial charge in [-0.1, -0.05) is 49.1 Å². The number of carbonyl (C=O) groups excluding carboxylic acids is 2. The topological polar surface area (TPSA) is 117 Å². The number of pyridine rings is 1. The average Bonchev–Trinajstić information content (AvgIpc) is 3.36. The molecule has 1 unspecified atom stereocenters. The van der Waals surface area contributed by atoms with Crippen molar-refractivity contribution in [1.82, 2.24) is 30.1 Å². The van der Waals surface area contributed by atoms with Gasteiger partial charge in [-0.25, -0.2) is 19.2 Å². The molecule has 1 fully saturated rings. The van der Waals surface area contributed by atoms with Crippen molar-refractivity contribution in [2.45, 2.75) is 38.9 Å². The van der Waals surface area contributed by atoms with Crippen LogP contribution in [0.2, 0.25) is 0 Å². The minimum absolute atomic E-state index is 0.111. The van der Waals surface area contributed by atoms with Crippen LogP contribution < -0.4 is 16.0 Å². The Morgan fingerprint density at radius 2 is 1.81 bits per heavy atom. The molecule has 10 nitrogen and oxygen atoms in total. The first-order valence-electron chi connectivity index (χ1n) is 14.1. The fraction of sp³-hybridized carbons (Fsp3) is 0.281. The van der Waals surface area contributed by atoms with Crippen molar-refractivity contribution < 1.29 is 14.0 Å². The highest BCUT2D eigenvalue weighted by molar-refractivity contribution is 6.16. The Morgan fingerprint density at radius 1 is 1.07 bits per heavy atom. The predicted molar refractivity (Wildman–Crippen MR) is 167 cm³/mol. The number of likely N-dealkylation sites (tertiary alicyclic amines) is 1. The fourth-order valence-corrected chi connectivity index (χ4v) is 4.98. The second-order valence-electron chi connectivity index (χ2n) is 10.1. The van der Waals surface area contributed by atoms with E-state index in [1.54, 1.807) is 6.08 Å². The lowest BCUT2D eigenvalue weighted by molar-refractivity contribution is -0.105. The maximum atomic E-state index is 13.2. The Kier molecular flexibility index (Phi) is 10.7. The van der Waals surface area contributed by atoms with E-state index in [2.05, 4.69) is 44.0 Å². The average molecular weight is 585 g/mol. The highest BCUT2D eigenvalue weighted by atomic mass is 19.1. The molecule has 2 aromatic heterocycles. The largest absolute Gasteiger partial charge is 0.325 e. The van der Waals surface area contributed by atoms with E-state index >= 15 is 0 Å². The van der Waals surface area contributed by atoms with E-state index < -0.39 is 12.0 Å².